The van der Waals surface area contributed by atoms with E-state index in [2.05, 4.69) is 11.2 Å². The molecule has 0 radical (unpaired) electrons. The first-order valence-electron chi connectivity index (χ1n) is 6.83. The quantitative estimate of drug-likeness (QED) is 0.942. The average Bonchev–Trinajstić information content (AvgIpc) is 2.80. The standard InChI is InChI=1S/C15H18ClN5/c1-4-20(5-2)15-12(9-17)14(18)21(19-15)11-7-6-10(3)13(16)8-11/h6-8H,4-5,18H2,1-3H3. The molecular weight excluding hydrogens is 286 g/mol. The molecule has 0 unspecified atom stereocenters. The fourth-order valence-electron chi connectivity index (χ4n) is 2.18. The van der Waals surface area contributed by atoms with E-state index in [1.54, 1.807) is 10.7 Å². The van der Waals surface area contributed by atoms with Crippen LogP contribution in [0.5, 0.6) is 0 Å². The lowest BCUT2D eigenvalue weighted by Gasteiger charge is -2.17. The maximum Gasteiger partial charge on any atom is 0.171 e. The molecular formula is C15H18ClN5. The molecule has 0 bridgehead atoms. The van der Waals surface area contributed by atoms with E-state index >= 15 is 0 Å². The van der Waals surface area contributed by atoms with Gasteiger partial charge >= 0.3 is 0 Å². The van der Waals surface area contributed by atoms with Crippen LogP contribution < -0.4 is 10.6 Å². The highest BCUT2D eigenvalue weighted by Crippen LogP contribution is 2.28. The molecule has 0 aliphatic rings. The molecule has 0 amide bonds. The molecule has 0 saturated carbocycles. The van der Waals surface area contributed by atoms with Gasteiger partial charge in [0.25, 0.3) is 0 Å². The van der Waals surface area contributed by atoms with Gasteiger partial charge in [0, 0.05) is 18.1 Å². The Labute approximate surface area is 129 Å². The minimum Gasteiger partial charge on any atom is -0.382 e. The molecule has 1 aromatic carbocycles. The minimum atomic E-state index is 0.333. The van der Waals surface area contributed by atoms with E-state index in [-0.39, 0.29) is 0 Å². The van der Waals surface area contributed by atoms with Gasteiger partial charge in [0.2, 0.25) is 0 Å². The van der Waals surface area contributed by atoms with Crippen LogP contribution in [-0.4, -0.2) is 22.9 Å². The van der Waals surface area contributed by atoms with Crippen molar-refractivity contribution in [2.45, 2.75) is 20.8 Å². The van der Waals surface area contributed by atoms with Crippen molar-refractivity contribution in [3.63, 3.8) is 0 Å². The summed E-state index contributed by atoms with van der Waals surface area (Å²) in [5, 5.41) is 14.5. The van der Waals surface area contributed by atoms with Gasteiger partial charge < -0.3 is 10.6 Å². The largest absolute Gasteiger partial charge is 0.382 e. The molecule has 1 heterocycles. The zero-order valence-electron chi connectivity index (χ0n) is 12.4. The van der Waals surface area contributed by atoms with E-state index in [4.69, 9.17) is 17.3 Å². The Bertz CT molecular complexity index is 695. The van der Waals surface area contributed by atoms with Crippen LogP contribution in [-0.2, 0) is 0 Å². The average molecular weight is 304 g/mol. The van der Waals surface area contributed by atoms with Crippen molar-refractivity contribution in [3.8, 4) is 11.8 Å². The van der Waals surface area contributed by atoms with Crippen molar-refractivity contribution in [2.24, 2.45) is 0 Å². The first kappa shape index (κ1) is 15.2. The zero-order chi connectivity index (χ0) is 15.6. The number of benzene rings is 1. The van der Waals surface area contributed by atoms with Crippen LogP contribution in [0.2, 0.25) is 5.02 Å². The first-order chi connectivity index (χ1) is 10.0. The lowest BCUT2D eigenvalue weighted by Crippen LogP contribution is -2.23. The van der Waals surface area contributed by atoms with Crippen molar-refractivity contribution in [2.75, 3.05) is 23.7 Å². The summed E-state index contributed by atoms with van der Waals surface area (Å²) < 4.78 is 1.57. The fraction of sp³-hybridized carbons (Fsp3) is 0.333. The van der Waals surface area contributed by atoms with E-state index in [0.29, 0.717) is 22.2 Å². The Morgan fingerprint density at radius 3 is 2.57 bits per heavy atom. The number of rotatable bonds is 4. The summed E-state index contributed by atoms with van der Waals surface area (Å²) in [6.45, 7) is 7.48. The molecule has 6 heteroatoms. The first-order valence-corrected chi connectivity index (χ1v) is 7.21. The van der Waals surface area contributed by atoms with E-state index in [9.17, 15) is 5.26 Å². The summed E-state index contributed by atoms with van der Waals surface area (Å²) in [6, 6.07) is 7.74. The van der Waals surface area contributed by atoms with Gasteiger partial charge in [-0.15, -0.1) is 5.10 Å². The molecule has 2 aromatic rings. The van der Waals surface area contributed by atoms with E-state index in [1.807, 2.05) is 37.8 Å². The van der Waals surface area contributed by atoms with Crippen LogP contribution in [0.1, 0.15) is 25.0 Å². The third kappa shape index (κ3) is 2.67. The Kier molecular flexibility index (Phi) is 4.39. The van der Waals surface area contributed by atoms with Crippen LogP contribution in [0, 0.1) is 18.3 Å². The summed E-state index contributed by atoms with van der Waals surface area (Å²) in [5.41, 5.74) is 8.22. The number of aryl methyl sites for hydroxylation is 1. The fourth-order valence-corrected chi connectivity index (χ4v) is 2.36. The monoisotopic (exact) mass is 303 g/mol. The van der Waals surface area contributed by atoms with Crippen LogP contribution in [0.3, 0.4) is 0 Å². The third-order valence-corrected chi connectivity index (χ3v) is 3.88. The molecule has 0 aliphatic heterocycles. The molecule has 21 heavy (non-hydrogen) atoms. The highest BCUT2D eigenvalue weighted by molar-refractivity contribution is 6.31. The van der Waals surface area contributed by atoms with Gasteiger partial charge in [0.15, 0.2) is 5.82 Å². The molecule has 110 valence electrons. The second-order valence-electron chi connectivity index (χ2n) is 4.71. The van der Waals surface area contributed by atoms with E-state index in [1.165, 1.54) is 0 Å². The van der Waals surface area contributed by atoms with Gasteiger partial charge in [-0.2, -0.15) is 5.26 Å². The molecule has 0 aliphatic carbocycles. The Hall–Kier alpha value is -2.19. The number of nitrogens with zero attached hydrogens (tertiary/aromatic N) is 4. The molecule has 2 N–H and O–H groups in total. The van der Waals surface area contributed by atoms with Crippen molar-refractivity contribution in [1.82, 2.24) is 9.78 Å². The van der Waals surface area contributed by atoms with E-state index in [0.717, 1.165) is 24.3 Å². The molecule has 0 fully saturated rings. The number of nitrogens with two attached hydrogens (primary N) is 1. The van der Waals surface area contributed by atoms with Crippen molar-refractivity contribution in [3.05, 3.63) is 34.3 Å². The van der Waals surface area contributed by atoms with Crippen molar-refractivity contribution >= 4 is 23.2 Å². The number of nitriles is 1. The Balaban J connectivity index is 2.60. The lowest BCUT2D eigenvalue weighted by molar-refractivity contribution is 0.808. The molecule has 0 atom stereocenters. The summed E-state index contributed by atoms with van der Waals surface area (Å²) in [7, 11) is 0. The predicted molar refractivity (Wildman–Crippen MR) is 86.0 cm³/mol. The van der Waals surface area contributed by atoms with Gasteiger partial charge in [-0.25, -0.2) is 4.68 Å². The second kappa shape index (κ2) is 6.06. The number of nitrogen functional groups attached to an aromatic ring is 1. The maximum absolute atomic E-state index is 9.36. The summed E-state index contributed by atoms with van der Waals surface area (Å²) in [4.78, 5) is 2.00. The highest BCUT2D eigenvalue weighted by atomic mass is 35.5. The smallest absolute Gasteiger partial charge is 0.171 e. The van der Waals surface area contributed by atoms with Crippen LogP contribution >= 0.6 is 11.6 Å². The van der Waals surface area contributed by atoms with Gasteiger partial charge in [0.1, 0.15) is 17.5 Å². The highest BCUT2D eigenvalue weighted by Gasteiger charge is 2.20. The van der Waals surface area contributed by atoms with Gasteiger partial charge in [-0.1, -0.05) is 17.7 Å². The normalized spacial score (nSPS) is 10.4. The minimum absolute atomic E-state index is 0.333. The second-order valence-corrected chi connectivity index (χ2v) is 5.12. The SMILES string of the molecule is CCN(CC)c1nn(-c2ccc(C)c(Cl)c2)c(N)c1C#N. The summed E-state index contributed by atoms with van der Waals surface area (Å²) in [6.07, 6.45) is 0. The molecule has 2 rings (SSSR count). The Morgan fingerprint density at radius 1 is 1.38 bits per heavy atom. The van der Waals surface area contributed by atoms with Gasteiger partial charge in [-0.3, -0.25) is 0 Å². The molecule has 0 saturated heterocycles. The number of hydrogen-bond acceptors (Lipinski definition) is 4. The van der Waals surface area contributed by atoms with E-state index < -0.39 is 0 Å². The Morgan fingerprint density at radius 2 is 2.05 bits per heavy atom. The number of halogens is 1. The van der Waals surface area contributed by atoms with Gasteiger partial charge in [-0.05, 0) is 38.5 Å². The molecule has 0 spiro atoms. The number of hydrogen-bond donors (Lipinski definition) is 1. The lowest BCUT2D eigenvalue weighted by atomic mass is 10.2. The summed E-state index contributed by atoms with van der Waals surface area (Å²) >= 11 is 6.16. The maximum atomic E-state index is 9.36. The van der Waals surface area contributed by atoms with Gasteiger partial charge in [0.05, 0.1) is 5.69 Å². The zero-order valence-corrected chi connectivity index (χ0v) is 13.1. The van der Waals surface area contributed by atoms with Crippen molar-refractivity contribution in [1.29, 1.82) is 5.26 Å². The topological polar surface area (TPSA) is 70.9 Å². The van der Waals surface area contributed by atoms with Crippen LogP contribution in [0.15, 0.2) is 18.2 Å². The van der Waals surface area contributed by atoms with Crippen LogP contribution in [0.4, 0.5) is 11.6 Å². The number of anilines is 2. The van der Waals surface area contributed by atoms with Crippen LogP contribution in [0.25, 0.3) is 5.69 Å². The number of aromatic nitrogens is 2. The predicted octanol–water partition coefficient (Wildman–Crippen LogP) is 3.13. The third-order valence-electron chi connectivity index (χ3n) is 3.48. The van der Waals surface area contributed by atoms with Crippen molar-refractivity contribution < 1.29 is 0 Å². The summed E-state index contributed by atoms with van der Waals surface area (Å²) in [5.74, 6) is 0.941. The molecule has 5 nitrogen and oxygen atoms in total. The molecule has 1 aromatic heterocycles.